The molecular weight excluding hydrogens is 532 g/mol. The molecule has 0 bridgehead atoms. The van der Waals surface area contributed by atoms with Gasteiger partial charge in [-0.15, -0.1) is 0 Å². The summed E-state index contributed by atoms with van der Waals surface area (Å²) in [6, 6.07) is 14.1. The van der Waals surface area contributed by atoms with Gasteiger partial charge in [0.1, 0.15) is 5.75 Å². The van der Waals surface area contributed by atoms with E-state index < -0.39 is 10.0 Å². The lowest BCUT2D eigenvalue weighted by atomic mass is 9.99. The number of rotatable bonds is 7. The molecule has 7 nitrogen and oxygen atoms in total. The van der Waals surface area contributed by atoms with Crippen molar-refractivity contribution in [3.05, 3.63) is 86.3 Å². The van der Waals surface area contributed by atoms with Crippen molar-refractivity contribution in [2.24, 2.45) is 5.14 Å². The molecule has 3 aromatic rings. The second kappa shape index (κ2) is 10.0. The standard InChI is InChI=1S/C23H20BrClN2O5S/c1-13-9-16(33(26,30)31)5-7-20(13)27-22(28)11-14-3-8-21(32-2)18(10-14)23(29)17-12-15(24)4-6-19(17)25/h3-10,12H,11H2,1-2H3,(H,27,28)(H2,26,30,31). The maximum Gasteiger partial charge on any atom is 0.238 e. The van der Waals surface area contributed by atoms with Crippen LogP contribution in [-0.4, -0.2) is 27.2 Å². The summed E-state index contributed by atoms with van der Waals surface area (Å²) in [5.41, 5.74) is 2.16. The Hall–Kier alpha value is -2.72. The van der Waals surface area contributed by atoms with E-state index in [1.54, 1.807) is 43.3 Å². The Morgan fingerprint density at radius 3 is 2.42 bits per heavy atom. The van der Waals surface area contributed by atoms with Gasteiger partial charge in [0.15, 0.2) is 5.78 Å². The minimum absolute atomic E-state index is 0.0210. The average molecular weight is 552 g/mol. The first kappa shape index (κ1) is 24.9. The summed E-state index contributed by atoms with van der Waals surface area (Å²) in [6.07, 6.45) is -0.0210. The third-order valence-corrected chi connectivity index (χ3v) is 6.58. The van der Waals surface area contributed by atoms with E-state index in [2.05, 4.69) is 21.2 Å². The monoisotopic (exact) mass is 550 g/mol. The quantitative estimate of drug-likeness (QED) is 0.420. The molecule has 0 aliphatic heterocycles. The number of aryl methyl sites for hydroxylation is 1. The van der Waals surface area contributed by atoms with Crippen molar-refractivity contribution in [3.8, 4) is 5.75 Å². The number of anilines is 1. The van der Waals surface area contributed by atoms with E-state index in [9.17, 15) is 18.0 Å². The van der Waals surface area contributed by atoms with Gasteiger partial charge in [-0.3, -0.25) is 9.59 Å². The van der Waals surface area contributed by atoms with Gasteiger partial charge in [0.2, 0.25) is 15.9 Å². The Morgan fingerprint density at radius 1 is 1.06 bits per heavy atom. The zero-order valence-corrected chi connectivity index (χ0v) is 20.8. The summed E-state index contributed by atoms with van der Waals surface area (Å²) < 4.78 is 29.0. The molecule has 0 saturated carbocycles. The van der Waals surface area contributed by atoms with Crippen molar-refractivity contribution in [2.45, 2.75) is 18.2 Å². The molecule has 172 valence electrons. The zero-order valence-electron chi connectivity index (χ0n) is 17.7. The molecule has 0 spiro atoms. The first-order valence-corrected chi connectivity index (χ1v) is 12.3. The molecule has 0 aliphatic carbocycles. The Balaban J connectivity index is 1.84. The lowest BCUT2D eigenvalue weighted by Crippen LogP contribution is -2.17. The van der Waals surface area contributed by atoms with Crippen LogP contribution < -0.4 is 15.2 Å². The fourth-order valence-electron chi connectivity index (χ4n) is 3.19. The minimum Gasteiger partial charge on any atom is -0.496 e. The second-order valence-corrected chi connectivity index (χ2v) is 10.1. The number of benzene rings is 3. The van der Waals surface area contributed by atoms with Crippen LogP contribution in [0.3, 0.4) is 0 Å². The third-order valence-electron chi connectivity index (χ3n) is 4.85. The highest BCUT2D eigenvalue weighted by Crippen LogP contribution is 2.29. The average Bonchev–Trinajstić information content (AvgIpc) is 2.75. The maximum absolute atomic E-state index is 13.1. The molecule has 1 amide bonds. The maximum atomic E-state index is 13.1. The summed E-state index contributed by atoms with van der Waals surface area (Å²) in [7, 11) is -2.38. The van der Waals surface area contributed by atoms with Crippen LogP contribution >= 0.6 is 27.5 Å². The predicted octanol–water partition coefficient (Wildman–Crippen LogP) is 4.48. The first-order valence-electron chi connectivity index (χ1n) is 9.59. The van der Waals surface area contributed by atoms with E-state index in [0.717, 1.165) is 0 Å². The highest BCUT2D eigenvalue weighted by atomic mass is 79.9. The van der Waals surface area contributed by atoms with Crippen molar-refractivity contribution >= 4 is 54.9 Å². The molecule has 0 radical (unpaired) electrons. The first-order chi connectivity index (χ1) is 15.5. The molecule has 33 heavy (non-hydrogen) atoms. The molecular formula is C23H20BrClN2O5S. The number of halogens is 2. The van der Waals surface area contributed by atoms with E-state index in [1.807, 2.05) is 0 Å². The van der Waals surface area contributed by atoms with Crippen molar-refractivity contribution in [1.29, 1.82) is 0 Å². The van der Waals surface area contributed by atoms with Crippen molar-refractivity contribution < 1.29 is 22.7 Å². The van der Waals surface area contributed by atoms with Crippen LogP contribution in [0.4, 0.5) is 5.69 Å². The molecule has 0 atom stereocenters. The molecule has 0 fully saturated rings. The number of methoxy groups -OCH3 is 1. The SMILES string of the molecule is COc1ccc(CC(=O)Nc2ccc(S(N)(=O)=O)cc2C)cc1C(=O)c1cc(Br)ccc1Cl. The molecule has 0 unspecified atom stereocenters. The number of carbonyl (C=O) groups is 2. The number of hydrogen-bond acceptors (Lipinski definition) is 5. The van der Waals surface area contributed by atoms with Gasteiger partial charge < -0.3 is 10.1 Å². The molecule has 3 rings (SSSR count). The van der Waals surface area contributed by atoms with E-state index in [-0.39, 0.29) is 28.6 Å². The van der Waals surface area contributed by atoms with Gasteiger partial charge in [0.05, 0.1) is 29.0 Å². The number of nitrogens with two attached hydrogens (primary N) is 1. The Bertz CT molecular complexity index is 1360. The molecule has 0 heterocycles. The van der Waals surface area contributed by atoms with Crippen LogP contribution in [0.2, 0.25) is 5.02 Å². The number of carbonyl (C=O) groups excluding carboxylic acids is 2. The zero-order chi connectivity index (χ0) is 24.3. The molecule has 0 saturated heterocycles. The highest BCUT2D eigenvalue weighted by molar-refractivity contribution is 9.10. The van der Waals surface area contributed by atoms with E-state index in [4.69, 9.17) is 21.5 Å². The van der Waals surface area contributed by atoms with Crippen LogP contribution in [0.1, 0.15) is 27.0 Å². The van der Waals surface area contributed by atoms with Gasteiger partial charge in [0.25, 0.3) is 0 Å². The van der Waals surface area contributed by atoms with E-state index in [0.29, 0.717) is 37.6 Å². The number of ether oxygens (including phenoxy) is 1. The topological polar surface area (TPSA) is 116 Å². The van der Waals surface area contributed by atoms with Gasteiger partial charge in [0, 0.05) is 15.7 Å². The lowest BCUT2D eigenvalue weighted by molar-refractivity contribution is -0.115. The summed E-state index contributed by atoms with van der Waals surface area (Å²) in [5.74, 6) is -0.324. The lowest BCUT2D eigenvalue weighted by Gasteiger charge is -2.12. The number of hydrogen-bond donors (Lipinski definition) is 2. The summed E-state index contributed by atoms with van der Waals surface area (Å²) in [4.78, 5) is 25.7. The number of ketones is 1. The Kier molecular flexibility index (Phi) is 7.58. The highest BCUT2D eigenvalue weighted by Gasteiger charge is 2.19. The number of amides is 1. The van der Waals surface area contributed by atoms with Gasteiger partial charge in [-0.1, -0.05) is 33.6 Å². The molecule has 10 heteroatoms. The number of nitrogens with one attached hydrogen (secondary N) is 1. The van der Waals surface area contributed by atoms with Gasteiger partial charge in [-0.05, 0) is 66.6 Å². The molecule has 3 aromatic carbocycles. The largest absolute Gasteiger partial charge is 0.496 e. The smallest absolute Gasteiger partial charge is 0.238 e. The van der Waals surface area contributed by atoms with Crippen LogP contribution in [0, 0.1) is 6.92 Å². The minimum atomic E-state index is -3.84. The van der Waals surface area contributed by atoms with E-state index >= 15 is 0 Å². The fraction of sp³-hybridized carbons (Fsp3) is 0.130. The summed E-state index contributed by atoms with van der Waals surface area (Å²) >= 11 is 9.55. The van der Waals surface area contributed by atoms with Gasteiger partial charge in [-0.2, -0.15) is 0 Å². The fourth-order valence-corrected chi connectivity index (χ4v) is 4.36. The molecule has 3 N–H and O–H groups in total. The normalized spacial score (nSPS) is 11.2. The van der Waals surface area contributed by atoms with Gasteiger partial charge >= 0.3 is 0 Å². The van der Waals surface area contributed by atoms with Gasteiger partial charge in [-0.25, -0.2) is 13.6 Å². The predicted molar refractivity (Wildman–Crippen MR) is 130 cm³/mol. The molecule has 0 aliphatic rings. The van der Waals surface area contributed by atoms with Crippen LogP contribution in [0.15, 0.2) is 64.0 Å². The third kappa shape index (κ3) is 6.00. The Morgan fingerprint density at radius 2 is 1.79 bits per heavy atom. The van der Waals surface area contributed by atoms with Crippen molar-refractivity contribution in [1.82, 2.24) is 0 Å². The van der Waals surface area contributed by atoms with E-state index in [1.165, 1.54) is 25.3 Å². The molecule has 0 aromatic heterocycles. The number of primary sulfonamides is 1. The Labute approximate surface area is 205 Å². The second-order valence-electron chi connectivity index (χ2n) is 7.23. The van der Waals surface area contributed by atoms with Crippen molar-refractivity contribution in [2.75, 3.05) is 12.4 Å². The van der Waals surface area contributed by atoms with Crippen LogP contribution in [0.25, 0.3) is 0 Å². The summed E-state index contributed by atoms with van der Waals surface area (Å²) in [6.45, 7) is 1.66. The van der Waals surface area contributed by atoms with Crippen molar-refractivity contribution in [3.63, 3.8) is 0 Å². The van der Waals surface area contributed by atoms with Crippen LogP contribution in [-0.2, 0) is 21.2 Å². The number of sulfonamides is 1. The summed E-state index contributed by atoms with van der Waals surface area (Å²) in [5, 5.41) is 8.18. The van der Waals surface area contributed by atoms with Crippen LogP contribution in [0.5, 0.6) is 5.75 Å².